The van der Waals surface area contributed by atoms with Crippen molar-refractivity contribution in [3.8, 4) is 0 Å². The summed E-state index contributed by atoms with van der Waals surface area (Å²) in [6, 6.07) is 3.32. The van der Waals surface area contributed by atoms with Crippen LogP contribution in [0, 0.1) is 17.6 Å². The second-order valence-corrected chi connectivity index (χ2v) is 5.41. The van der Waals surface area contributed by atoms with E-state index in [9.17, 15) is 13.6 Å². The van der Waals surface area contributed by atoms with E-state index in [4.69, 9.17) is 0 Å². The fourth-order valence-electron chi connectivity index (χ4n) is 2.60. The van der Waals surface area contributed by atoms with Gasteiger partial charge in [-0.15, -0.1) is 0 Å². The van der Waals surface area contributed by atoms with Crippen molar-refractivity contribution < 1.29 is 13.6 Å². The van der Waals surface area contributed by atoms with Crippen molar-refractivity contribution in [2.75, 3.05) is 11.9 Å². The summed E-state index contributed by atoms with van der Waals surface area (Å²) in [4.78, 5) is 11.8. The molecule has 0 bridgehead atoms. The minimum absolute atomic E-state index is 0.0110. The highest BCUT2D eigenvalue weighted by Crippen LogP contribution is 2.23. The van der Waals surface area contributed by atoms with Crippen LogP contribution in [-0.2, 0) is 4.79 Å². The van der Waals surface area contributed by atoms with Gasteiger partial charge in [0, 0.05) is 6.04 Å². The van der Waals surface area contributed by atoms with Gasteiger partial charge in [-0.05, 0) is 37.0 Å². The lowest BCUT2D eigenvalue weighted by molar-refractivity contribution is -0.120. The van der Waals surface area contributed by atoms with Crippen molar-refractivity contribution in [2.24, 2.45) is 5.92 Å². The van der Waals surface area contributed by atoms with E-state index in [0.29, 0.717) is 5.92 Å². The largest absolute Gasteiger partial charge is 0.374 e. The number of benzene rings is 1. The predicted octanol–water partition coefficient (Wildman–Crippen LogP) is 3.07. The number of hydrogen-bond acceptors (Lipinski definition) is 2. The van der Waals surface area contributed by atoms with E-state index in [-0.39, 0.29) is 24.2 Å². The van der Waals surface area contributed by atoms with Crippen LogP contribution in [0.3, 0.4) is 0 Å². The fraction of sp³-hybridized carbons (Fsp3) is 0.533. The zero-order valence-corrected chi connectivity index (χ0v) is 11.6. The Hall–Kier alpha value is -1.65. The van der Waals surface area contributed by atoms with Crippen LogP contribution in [0.2, 0.25) is 0 Å². The maximum Gasteiger partial charge on any atom is 0.239 e. The first kappa shape index (κ1) is 14.8. The zero-order chi connectivity index (χ0) is 14.5. The van der Waals surface area contributed by atoms with Crippen molar-refractivity contribution in [1.29, 1.82) is 0 Å². The Bertz CT molecular complexity index is 479. The minimum atomic E-state index is -0.565. The van der Waals surface area contributed by atoms with Gasteiger partial charge in [-0.2, -0.15) is 0 Å². The van der Waals surface area contributed by atoms with Crippen LogP contribution in [0.25, 0.3) is 0 Å². The number of anilines is 1. The van der Waals surface area contributed by atoms with Crippen molar-refractivity contribution >= 4 is 11.6 Å². The number of carbonyl (C=O) groups excluding carboxylic acids is 1. The number of amides is 1. The fourth-order valence-corrected chi connectivity index (χ4v) is 2.60. The molecule has 1 aliphatic carbocycles. The molecule has 0 saturated heterocycles. The van der Waals surface area contributed by atoms with Crippen molar-refractivity contribution in [3.63, 3.8) is 0 Å². The molecule has 0 radical (unpaired) electrons. The van der Waals surface area contributed by atoms with E-state index in [0.717, 1.165) is 37.5 Å². The van der Waals surface area contributed by atoms with Gasteiger partial charge in [-0.3, -0.25) is 4.79 Å². The van der Waals surface area contributed by atoms with Crippen LogP contribution in [0.4, 0.5) is 14.5 Å². The summed E-state index contributed by atoms with van der Waals surface area (Å²) in [5.74, 6) is -0.813. The van der Waals surface area contributed by atoms with Gasteiger partial charge < -0.3 is 10.6 Å². The van der Waals surface area contributed by atoms with E-state index in [1.165, 1.54) is 6.42 Å². The molecule has 0 aliphatic heterocycles. The van der Waals surface area contributed by atoms with Crippen LogP contribution in [0.15, 0.2) is 18.2 Å². The molecule has 2 N–H and O–H groups in total. The van der Waals surface area contributed by atoms with Gasteiger partial charge >= 0.3 is 0 Å². The molecule has 0 aromatic heterocycles. The lowest BCUT2D eigenvalue weighted by Crippen LogP contribution is -2.43. The molecular weight excluding hydrogens is 262 g/mol. The standard InChI is InChI=1S/C15H20F2N2O/c1-10-4-2-3-5-13(10)19-15(20)9-18-14-8-11(16)6-7-12(14)17/h6-8,10,13,18H,2-5,9H2,1H3,(H,19,20). The number of halogens is 2. The molecule has 1 aliphatic rings. The Kier molecular flexibility index (Phi) is 4.93. The molecule has 1 saturated carbocycles. The third-order valence-electron chi connectivity index (χ3n) is 3.83. The van der Waals surface area contributed by atoms with Gasteiger partial charge in [-0.1, -0.05) is 19.8 Å². The van der Waals surface area contributed by atoms with Crippen LogP contribution in [-0.4, -0.2) is 18.5 Å². The molecule has 1 amide bonds. The molecule has 1 fully saturated rings. The molecule has 2 rings (SSSR count). The van der Waals surface area contributed by atoms with E-state index in [1.807, 2.05) is 0 Å². The molecule has 5 heteroatoms. The Balaban J connectivity index is 1.84. The molecule has 1 aromatic rings. The van der Waals surface area contributed by atoms with Crippen LogP contribution >= 0.6 is 0 Å². The highest BCUT2D eigenvalue weighted by molar-refractivity contribution is 5.81. The SMILES string of the molecule is CC1CCCCC1NC(=O)CNc1cc(F)ccc1F. The summed E-state index contributed by atoms with van der Waals surface area (Å²) in [5.41, 5.74) is 0.0110. The summed E-state index contributed by atoms with van der Waals surface area (Å²) < 4.78 is 26.4. The number of nitrogens with one attached hydrogen (secondary N) is 2. The minimum Gasteiger partial charge on any atom is -0.374 e. The molecule has 110 valence electrons. The number of rotatable bonds is 4. The Labute approximate surface area is 117 Å². The van der Waals surface area contributed by atoms with Crippen LogP contribution in [0.5, 0.6) is 0 Å². The molecular formula is C15H20F2N2O. The number of carbonyl (C=O) groups is 1. The van der Waals surface area contributed by atoms with E-state index in [1.54, 1.807) is 0 Å². The smallest absolute Gasteiger partial charge is 0.239 e. The average Bonchev–Trinajstić information content (AvgIpc) is 2.42. The first-order valence-corrected chi connectivity index (χ1v) is 7.04. The highest BCUT2D eigenvalue weighted by Gasteiger charge is 2.22. The predicted molar refractivity (Wildman–Crippen MR) is 74.4 cm³/mol. The third kappa shape index (κ3) is 3.92. The lowest BCUT2D eigenvalue weighted by Gasteiger charge is -2.29. The van der Waals surface area contributed by atoms with E-state index < -0.39 is 11.6 Å². The van der Waals surface area contributed by atoms with Gasteiger partial charge in [0.05, 0.1) is 12.2 Å². The Morgan fingerprint density at radius 3 is 2.80 bits per heavy atom. The second kappa shape index (κ2) is 6.68. The van der Waals surface area contributed by atoms with Gasteiger partial charge in [0.2, 0.25) is 5.91 Å². The van der Waals surface area contributed by atoms with Crippen molar-refractivity contribution in [3.05, 3.63) is 29.8 Å². The van der Waals surface area contributed by atoms with E-state index in [2.05, 4.69) is 17.6 Å². The topological polar surface area (TPSA) is 41.1 Å². The molecule has 1 aromatic carbocycles. The third-order valence-corrected chi connectivity index (χ3v) is 3.83. The van der Waals surface area contributed by atoms with Gasteiger partial charge in [-0.25, -0.2) is 8.78 Å². The van der Waals surface area contributed by atoms with Gasteiger partial charge in [0.25, 0.3) is 0 Å². The monoisotopic (exact) mass is 282 g/mol. The maximum absolute atomic E-state index is 13.4. The van der Waals surface area contributed by atoms with Crippen molar-refractivity contribution in [1.82, 2.24) is 5.32 Å². The first-order valence-electron chi connectivity index (χ1n) is 7.04. The zero-order valence-electron chi connectivity index (χ0n) is 11.6. The lowest BCUT2D eigenvalue weighted by atomic mass is 9.86. The molecule has 2 atom stereocenters. The quantitative estimate of drug-likeness (QED) is 0.891. The van der Waals surface area contributed by atoms with Crippen LogP contribution in [0.1, 0.15) is 32.6 Å². The summed E-state index contributed by atoms with van der Waals surface area (Å²) in [6.45, 7) is 2.08. The summed E-state index contributed by atoms with van der Waals surface area (Å²) in [7, 11) is 0. The number of hydrogen-bond donors (Lipinski definition) is 2. The molecule has 3 nitrogen and oxygen atoms in total. The molecule has 20 heavy (non-hydrogen) atoms. The average molecular weight is 282 g/mol. The van der Waals surface area contributed by atoms with Gasteiger partial charge in [0.1, 0.15) is 11.6 Å². The Morgan fingerprint density at radius 1 is 1.30 bits per heavy atom. The summed E-state index contributed by atoms with van der Waals surface area (Å²) in [6.07, 6.45) is 4.44. The normalized spacial score (nSPS) is 22.4. The molecule has 0 spiro atoms. The maximum atomic E-state index is 13.4. The van der Waals surface area contributed by atoms with Crippen molar-refractivity contribution in [2.45, 2.75) is 38.6 Å². The molecule has 0 heterocycles. The highest BCUT2D eigenvalue weighted by atomic mass is 19.1. The Morgan fingerprint density at radius 2 is 2.05 bits per heavy atom. The van der Waals surface area contributed by atoms with Crippen LogP contribution < -0.4 is 10.6 Å². The van der Waals surface area contributed by atoms with Gasteiger partial charge in [0.15, 0.2) is 0 Å². The molecule has 2 unspecified atom stereocenters. The summed E-state index contributed by atoms with van der Waals surface area (Å²) in [5, 5.41) is 5.59. The van der Waals surface area contributed by atoms with E-state index >= 15 is 0 Å². The first-order chi connectivity index (χ1) is 9.56. The second-order valence-electron chi connectivity index (χ2n) is 5.41. The summed E-state index contributed by atoms with van der Waals surface area (Å²) >= 11 is 0.